The number of hydrogen-bond acceptors (Lipinski definition) is 5. The number of fused-ring (bicyclic) bond motifs is 1. The van der Waals surface area contributed by atoms with E-state index < -0.39 is 11.8 Å². The quantitative estimate of drug-likeness (QED) is 0.679. The molecule has 0 spiro atoms. The molecule has 0 radical (unpaired) electrons. The zero-order chi connectivity index (χ0) is 20.4. The highest BCUT2D eigenvalue weighted by Gasteiger charge is 2.27. The van der Waals surface area contributed by atoms with Gasteiger partial charge in [-0.1, -0.05) is 42.5 Å². The van der Waals surface area contributed by atoms with E-state index >= 15 is 0 Å². The van der Waals surface area contributed by atoms with Crippen LogP contribution in [0.2, 0.25) is 0 Å². The third kappa shape index (κ3) is 3.83. The highest BCUT2D eigenvalue weighted by atomic mass is 32.1. The van der Waals surface area contributed by atoms with Crippen molar-refractivity contribution in [3.63, 3.8) is 0 Å². The lowest BCUT2D eigenvalue weighted by molar-refractivity contribution is -0.123. The van der Waals surface area contributed by atoms with E-state index in [1.165, 1.54) is 16.2 Å². The first-order chi connectivity index (χ1) is 14.0. The molecule has 0 fully saturated rings. The zero-order valence-electron chi connectivity index (χ0n) is 15.3. The summed E-state index contributed by atoms with van der Waals surface area (Å²) in [6.07, 6.45) is 0. The number of carbonyl (C=O) groups excluding carboxylic acids is 3. The molecule has 0 saturated heterocycles. The summed E-state index contributed by atoms with van der Waals surface area (Å²) in [4.78, 5) is 38.9. The number of nitrogens with two attached hydrogens (primary N) is 1. The van der Waals surface area contributed by atoms with Gasteiger partial charge in [0.1, 0.15) is 17.3 Å². The normalized spacial score (nSPS) is 12.8. The molecule has 3 amide bonds. The molecule has 3 N–H and O–H groups in total. The van der Waals surface area contributed by atoms with Crippen LogP contribution in [0.25, 0.3) is 10.4 Å². The molecule has 8 heteroatoms. The van der Waals surface area contributed by atoms with Gasteiger partial charge in [0.05, 0.1) is 11.3 Å². The number of para-hydroxylation sites is 2. The Kier molecular flexibility index (Phi) is 5.01. The lowest BCUT2D eigenvalue weighted by Gasteiger charge is -2.28. The maximum absolute atomic E-state index is 12.7. The minimum absolute atomic E-state index is 0.131. The third-order valence-corrected chi connectivity index (χ3v) is 5.52. The van der Waals surface area contributed by atoms with Gasteiger partial charge >= 0.3 is 0 Å². The predicted octanol–water partition coefficient (Wildman–Crippen LogP) is 2.88. The molecule has 1 aliphatic heterocycles. The molecule has 1 aromatic heterocycles. The monoisotopic (exact) mass is 407 g/mol. The topological polar surface area (TPSA) is 102 Å². The number of thiophene rings is 1. The Morgan fingerprint density at radius 1 is 1.10 bits per heavy atom. The van der Waals surface area contributed by atoms with Gasteiger partial charge in [-0.25, -0.2) is 0 Å². The Bertz CT molecular complexity index is 1090. The number of primary amides is 1. The SMILES string of the molecule is NC(=O)c1cc(-c2ccccc2)sc1NC(=O)CN1C(=O)COc2ccccc21. The number of ether oxygens (including phenoxy) is 1. The Balaban J connectivity index is 1.57. The second-order valence-electron chi connectivity index (χ2n) is 6.37. The van der Waals surface area contributed by atoms with Gasteiger partial charge in [-0.05, 0) is 23.8 Å². The van der Waals surface area contributed by atoms with Crippen molar-refractivity contribution in [3.8, 4) is 16.2 Å². The van der Waals surface area contributed by atoms with Crippen molar-refractivity contribution in [2.45, 2.75) is 0 Å². The van der Waals surface area contributed by atoms with E-state index in [0.29, 0.717) is 16.4 Å². The number of nitrogens with zero attached hydrogens (tertiary/aromatic N) is 1. The molecule has 0 bridgehead atoms. The van der Waals surface area contributed by atoms with Crippen molar-refractivity contribution >= 4 is 39.7 Å². The molecule has 2 aromatic carbocycles. The summed E-state index contributed by atoms with van der Waals surface area (Å²) < 4.78 is 5.39. The molecule has 7 nitrogen and oxygen atoms in total. The molecule has 0 saturated carbocycles. The first kappa shape index (κ1) is 18.7. The van der Waals surface area contributed by atoms with Gasteiger partial charge in [-0.3, -0.25) is 19.3 Å². The molecular weight excluding hydrogens is 390 g/mol. The molecule has 3 aromatic rings. The molecule has 0 unspecified atom stereocenters. The van der Waals surface area contributed by atoms with Crippen LogP contribution in [0, 0.1) is 0 Å². The number of amides is 3. The summed E-state index contributed by atoms with van der Waals surface area (Å²) in [6.45, 7) is -0.329. The van der Waals surface area contributed by atoms with Crippen LogP contribution in [0.15, 0.2) is 60.7 Å². The fraction of sp³-hybridized carbons (Fsp3) is 0.0952. The van der Waals surface area contributed by atoms with Gasteiger partial charge in [-0.15, -0.1) is 11.3 Å². The second-order valence-corrected chi connectivity index (χ2v) is 7.42. The molecule has 0 atom stereocenters. The average Bonchev–Trinajstić information content (AvgIpc) is 3.15. The smallest absolute Gasteiger partial charge is 0.265 e. The van der Waals surface area contributed by atoms with Gasteiger partial charge in [0.2, 0.25) is 5.91 Å². The van der Waals surface area contributed by atoms with Crippen LogP contribution >= 0.6 is 11.3 Å². The van der Waals surface area contributed by atoms with E-state index in [9.17, 15) is 14.4 Å². The standard InChI is InChI=1S/C21H17N3O4S/c22-20(27)14-10-17(13-6-2-1-3-7-13)29-21(14)23-18(25)11-24-15-8-4-5-9-16(15)28-12-19(24)26/h1-10H,11-12H2,(H2,22,27)(H,23,25). The van der Waals surface area contributed by atoms with Gasteiger partial charge in [0, 0.05) is 4.88 Å². The van der Waals surface area contributed by atoms with Crippen LogP contribution in [-0.2, 0) is 9.59 Å². The van der Waals surface area contributed by atoms with Crippen LogP contribution < -0.4 is 20.7 Å². The van der Waals surface area contributed by atoms with E-state index in [-0.39, 0.29) is 24.6 Å². The fourth-order valence-corrected chi connectivity index (χ4v) is 4.13. The molecule has 4 rings (SSSR count). The number of hydrogen-bond donors (Lipinski definition) is 2. The highest BCUT2D eigenvalue weighted by Crippen LogP contribution is 2.36. The van der Waals surface area contributed by atoms with Gasteiger partial charge in [0.25, 0.3) is 11.8 Å². The van der Waals surface area contributed by atoms with Crippen molar-refractivity contribution in [2.24, 2.45) is 5.73 Å². The first-order valence-electron chi connectivity index (χ1n) is 8.84. The number of benzene rings is 2. The Morgan fingerprint density at radius 2 is 1.83 bits per heavy atom. The molecule has 1 aliphatic rings. The van der Waals surface area contributed by atoms with Crippen molar-refractivity contribution in [3.05, 3.63) is 66.2 Å². The predicted molar refractivity (Wildman–Crippen MR) is 111 cm³/mol. The molecule has 0 aliphatic carbocycles. The summed E-state index contributed by atoms with van der Waals surface area (Å²) in [5, 5.41) is 3.08. The molecular formula is C21H17N3O4S. The highest BCUT2D eigenvalue weighted by molar-refractivity contribution is 7.20. The Morgan fingerprint density at radius 3 is 2.59 bits per heavy atom. The van der Waals surface area contributed by atoms with Crippen LogP contribution in [0.3, 0.4) is 0 Å². The summed E-state index contributed by atoms with van der Waals surface area (Å²) in [5.41, 5.74) is 7.17. The van der Waals surface area contributed by atoms with Crippen molar-refractivity contribution in [2.75, 3.05) is 23.4 Å². The van der Waals surface area contributed by atoms with E-state index in [2.05, 4.69) is 5.32 Å². The first-order valence-corrected chi connectivity index (χ1v) is 9.65. The van der Waals surface area contributed by atoms with E-state index in [1.54, 1.807) is 30.3 Å². The van der Waals surface area contributed by atoms with Crippen LogP contribution in [-0.4, -0.2) is 30.9 Å². The fourth-order valence-electron chi connectivity index (χ4n) is 3.05. The van der Waals surface area contributed by atoms with E-state index in [4.69, 9.17) is 10.5 Å². The van der Waals surface area contributed by atoms with Gasteiger partial charge in [0.15, 0.2) is 6.61 Å². The minimum Gasteiger partial charge on any atom is -0.482 e. The molecule has 29 heavy (non-hydrogen) atoms. The van der Waals surface area contributed by atoms with Crippen molar-refractivity contribution < 1.29 is 19.1 Å². The Labute approximate surface area is 170 Å². The van der Waals surface area contributed by atoms with Gasteiger partial charge in [-0.2, -0.15) is 0 Å². The summed E-state index contributed by atoms with van der Waals surface area (Å²) in [5.74, 6) is -0.837. The number of carbonyl (C=O) groups is 3. The largest absolute Gasteiger partial charge is 0.482 e. The van der Waals surface area contributed by atoms with Crippen LogP contribution in [0.1, 0.15) is 10.4 Å². The van der Waals surface area contributed by atoms with Gasteiger partial charge < -0.3 is 15.8 Å². The summed E-state index contributed by atoms with van der Waals surface area (Å²) in [7, 11) is 0. The number of rotatable bonds is 5. The lowest BCUT2D eigenvalue weighted by atomic mass is 10.1. The number of anilines is 2. The number of nitrogens with one attached hydrogen (secondary N) is 1. The molecule has 2 heterocycles. The zero-order valence-corrected chi connectivity index (χ0v) is 16.1. The van der Waals surface area contributed by atoms with Crippen molar-refractivity contribution in [1.29, 1.82) is 0 Å². The van der Waals surface area contributed by atoms with Crippen molar-refractivity contribution in [1.82, 2.24) is 0 Å². The summed E-state index contributed by atoms with van der Waals surface area (Å²) in [6, 6.07) is 18.2. The average molecular weight is 407 g/mol. The van der Waals surface area contributed by atoms with Crippen LogP contribution in [0.5, 0.6) is 5.75 Å². The van der Waals surface area contributed by atoms with E-state index in [1.807, 2.05) is 30.3 Å². The Hall–Kier alpha value is -3.65. The van der Waals surface area contributed by atoms with E-state index in [0.717, 1.165) is 10.4 Å². The second kappa shape index (κ2) is 7.76. The lowest BCUT2D eigenvalue weighted by Crippen LogP contribution is -2.43. The van der Waals surface area contributed by atoms with Crippen LogP contribution in [0.4, 0.5) is 10.7 Å². The maximum Gasteiger partial charge on any atom is 0.265 e. The molecule has 146 valence electrons. The summed E-state index contributed by atoms with van der Waals surface area (Å²) >= 11 is 1.26. The minimum atomic E-state index is -0.633. The maximum atomic E-state index is 12.7. The third-order valence-electron chi connectivity index (χ3n) is 4.42.